The van der Waals surface area contributed by atoms with Gasteiger partial charge in [-0.1, -0.05) is 18.3 Å². The summed E-state index contributed by atoms with van der Waals surface area (Å²) in [5.41, 5.74) is -0.684. The average Bonchev–Trinajstić information content (AvgIpc) is 2.37. The molecule has 0 radical (unpaired) electrons. The lowest BCUT2D eigenvalue weighted by molar-refractivity contribution is -0.348. The van der Waals surface area contributed by atoms with Crippen molar-refractivity contribution < 1.29 is 30.7 Å². The van der Waals surface area contributed by atoms with Crippen molar-refractivity contribution in [1.82, 2.24) is 5.43 Å². The van der Waals surface area contributed by atoms with Crippen molar-refractivity contribution in [2.75, 3.05) is 5.73 Å². The van der Waals surface area contributed by atoms with Crippen LogP contribution in [0.25, 0.3) is 0 Å². The second kappa shape index (κ2) is 5.54. The summed E-state index contributed by atoms with van der Waals surface area (Å²) >= 11 is 4.64. The first kappa shape index (κ1) is 18.4. The molecule has 3 nitrogen and oxygen atoms in total. The van der Waals surface area contributed by atoms with Crippen molar-refractivity contribution in [2.24, 2.45) is 5.84 Å². The first-order valence-corrected chi connectivity index (χ1v) is 5.92. The van der Waals surface area contributed by atoms with Crippen molar-refractivity contribution >= 4 is 22.9 Å². The second-order valence-electron chi connectivity index (χ2n) is 4.38. The molecule has 1 aromatic rings. The molecule has 0 spiro atoms. The summed E-state index contributed by atoms with van der Waals surface area (Å²) in [7, 11) is 0. The van der Waals surface area contributed by atoms with E-state index in [1.165, 1.54) is 0 Å². The van der Waals surface area contributed by atoms with E-state index in [1.54, 1.807) is 0 Å². The van der Waals surface area contributed by atoms with Gasteiger partial charge in [0.25, 0.3) is 0 Å². The summed E-state index contributed by atoms with van der Waals surface area (Å²) in [4.78, 5) is -0.422. The zero-order valence-corrected chi connectivity index (χ0v) is 11.7. The smallest absolute Gasteiger partial charge is 0.398 e. The van der Waals surface area contributed by atoms with Gasteiger partial charge in [-0.3, -0.25) is 0 Å². The third-order valence-electron chi connectivity index (χ3n) is 2.94. The van der Waals surface area contributed by atoms with Crippen molar-refractivity contribution in [3.05, 3.63) is 28.8 Å². The molecule has 5 N–H and O–H groups in total. The summed E-state index contributed by atoms with van der Waals surface area (Å²) in [6.07, 6.45) is -12.4. The summed E-state index contributed by atoms with van der Waals surface area (Å²) in [6, 6.07) is 0.657. The number of aryl methyl sites for hydroxylation is 1. The first-order chi connectivity index (χ1) is 9.77. The molecule has 0 unspecified atom stereocenters. The largest absolute Gasteiger partial charge is 0.435 e. The molecule has 22 heavy (non-hydrogen) atoms. The lowest BCUT2D eigenvalue weighted by Gasteiger charge is -2.31. The van der Waals surface area contributed by atoms with Gasteiger partial charge in [-0.15, -0.1) is 0 Å². The predicted molar refractivity (Wildman–Crippen MR) is 69.5 cm³/mol. The third-order valence-corrected chi connectivity index (χ3v) is 3.28. The van der Waals surface area contributed by atoms with E-state index in [0.717, 1.165) is 6.92 Å². The first-order valence-electron chi connectivity index (χ1n) is 5.51. The SMILES string of the molecule is Cc1cc(C(F)(C(F)(F)F)C(F)(F)F)cc(C(=S)NN)c1N. The highest BCUT2D eigenvalue weighted by Crippen LogP contribution is 2.53. The van der Waals surface area contributed by atoms with Gasteiger partial charge in [-0.25, -0.2) is 10.2 Å². The Morgan fingerprint density at radius 1 is 1.05 bits per heavy atom. The number of halogens is 7. The molecule has 1 aromatic carbocycles. The van der Waals surface area contributed by atoms with Gasteiger partial charge in [0.15, 0.2) is 0 Å². The van der Waals surface area contributed by atoms with Crippen LogP contribution in [-0.4, -0.2) is 17.3 Å². The standard InChI is InChI=1S/C11H10F7N3S/c1-4-2-5(3-6(7(4)19)8(22)21-20)9(12,10(13,14)15)11(16,17)18/h2-3H,19-20H2,1H3,(H,21,22). The molecule has 0 saturated heterocycles. The van der Waals surface area contributed by atoms with Crippen LogP contribution in [0.15, 0.2) is 12.1 Å². The Labute approximate surface area is 125 Å². The van der Waals surface area contributed by atoms with Crippen LogP contribution < -0.4 is 17.0 Å². The minimum Gasteiger partial charge on any atom is -0.398 e. The van der Waals surface area contributed by atoms with Gasteiger partial charge in [0.2, 0.25) is 0 Å². The van der Waals surface area contributed by atoms with Crippen molar-refractivity contribution in [2.45, 2.75) is 24.9 Å². The molecule has 0 aliphatic heterocycles. The molecule has 11 heteroatoms. The molecule has 0 aliphatic rings. The maximum Gasteiger partial charge on any atom is 0.435 e. The highest BCUT2D eigenvalue weighted by molar-refractivity contribution is 7.80. The summed E-state index contributed by atoms with van der Waals surface area (Å²) in [5, 5.41) is 0. The molecule has 0 amide bonds. The lowest BCUT2D eigenvalue weighted by atomic mass is 9.90. The quantitative estimate of drug-likeness (QED) is 0.253. The fourth-order valence-corrected chi connectivity index (χ4v) is 1.92. The van der Waals surface area contributed by atoms with Gasteiger partial charge in [-0.2, -0.15) is 26.3 Å². The van der Waals surface area contributed by atoms with Gasteiger partial charge >= 0.3 is 18.0 Å². The van der Waals surface area contributed by atoms with E-state index in [-0.39, 0.29) is 17.3 Å². The normalized spacial score (nSPS) is 13.1. The summed E-state index contributed by atoms with van der Waals surface area (Å²) in [6.45, 7) is 1.12. The summed E-state index contributed by atoms with van der Waals surface area (Å²) in [5.74, 6) is 4.97. The molecule has 0 aliphatic carbocycles. The van der Waals surface area contributed by atoms with Crippen LogP contribution in [0.1, 0.15) is 16.7 Å². The van der Waals surface area contributed by atoms with E-state index in [2.05, 4.69) is 12.2 Å². The van der Waals surface area contributed by atoms with Crippen molar-refractivity contribution in [1.29, 1.82) is 0 Å². The van der Waals surface area contributed by atoms with Crippen LogP contribution in [0.5, 0.6) is 0 Å². The van der Waals surface area contributed by atoms with E-state index in [9.17, 15) is 30.7 Å². The minimum absolute atomic E-state index is 0.208. The number of nitrogens with one attached hydrogen (secondary N) is 1. The van der Waals surface area contributed by atoms with Gasteiger partial charge in [-0.05, 0) is 18.6 Å². The van der Waals surface area contributed by atoms with E-state index in [4.69, 9.17) is 11.6 Å². The third kappa shape index (κ3) is 2.82. The number of nitrogen functional groups attached to an aromatic ring is 1. The fourth-order valence-electron chi connectivity index (χ4n) is 1.75. The molecule has 124 valence electrons. The Bertz CT molecular complexity index is 581. The van der Waals surface area contributed by atoms with Crippen LogP contribution >= 0.6 is 12.2 Å². The number of hydrogen-bond acceptors (Lipinski definition) is 3. The molecule has 0 bridgehead atoms. The Balaban J connectivity index is 3.73. The molecule has 0 saturated carbocycles. The Morgan fingerprint density at radius 3 is 1.86 bits per heavy atom. The molecule has 0 heterocycles. The highest BCUT2D eigenvalue weighted by Gasteiger charge is 2.73. The zero-order chi connectivity index (χ0) is 17.5. The topological polar surface area (TPSA) is 64.1 Å². The van der Waals surface area contributed by atoms with Gasteiger partial charge < -0.3 is 11.2 Å². The molecular weight excluding hydrogens is 339 g/mol. The molecule has 0 fully saturated rings. The number of nitrogens with two attached hydrogens (primary N) is 2. The van der Waals surface area contributed by atoms with Crippen molar-refractivity contribution in [3.63, 3.8) is 0 Å². The van der Waals surface area contributed by atoms with Crippen LogP contribution in [0.2, 0.25) is 0 Å². The Hall–Kier alpha value is -1.62. The number of anilines is 1. The monoisotopic (exact) mass is 349 g/mol. The number of hydrazine groups is 1. The van der Waals surface area contributed by atoms with Crippen LogP contribution in [0.3, 0.4) is 0 Å². The molecule has 1 rings (SSSR count). The van der Waals surface area contributed by atoms with Gasteiger partial charge in [0.05, 0.1) is 0 Å². The Kier molecular flexibility index (Phi) is 4.64. The van der Waals surface area contributed by atoms with E-state index in [1.807, 2.05) is 5.43 Å². The van der Waals surface area contributed by atoms with E-state index in [0.29, 0.717) is 6.07 Å². The van der Waals surface area contributed by atoms with E-state index < -0.39 is 34.1 Å². The maximum absolute atomic E-state index is 14.0. The van der Waals surface area contributed by atoms with Crippen LogP contribution in [-0.2, 0) is 5.67 Å². The lowest BCUT2D eigenvalue weighted by Crippen LogP contribution is -2.50. The molecule has 0 atom stereocenters. The molecular formula is C11H10F7N3S. The number of thiocarbonyl (C=S) groups is 1. The van der Waals surface area contributed by atoms with Gasteiger partial charge in [0, 0.05) is 16.8 Å². The Morgan fingerprint density at radius 2 is 1.50 bits per heavy atom. The number of hydrogen-bond donors (Lipinski definition) is 3. The predicted octanol–water partition coefficient (Wildman–Crippen LogP) is 3.01. The second-order valence-corrected chi connectivity index (χ2v) is 4.79. The van der Waals surface area contributed by atoms with Crippen LogP contribution in [0, 0.1) is 6.92 Å². The number of rotatable bonds is 2. The van der Waals surface area contributed by atoms with Gasteiger partial charge in [0.1, 0.15) is 4.99 Å². The summed E-state index contributed by atoms with van der Waals surface area (Å²) < 4.78 is 90.4. The fraction of sp³-hybridized carbons (Fsp3) is 0.364. The van der Waals surface area contributed by atoms with E-state index >= 15 is 0 Å². The highest BCUT2D eigenvalue weighted by atomic mass is 32.1. The van der Waals surface area contributed by atoms with Crippen LogP contribution in [0.4, 0.5) is 36.4 Å². The maximum atomic E-state index is 14.0. The number of benzene rings is 1. The molecule has 0 aromatic heterocycles. The average molecular weight is 349 g/mol. The number of alkyl halides is 7. The zero-order valence-electron chi connectivity index (χ0n) is 10.9. The minimum atomic E-state index is -6.22. The van der Waals surface area contributed by atoms with Crippen molar-refractivity contribution in [3.8, 4) is 0 Å².